The molecule has 2 rings (SSSR count). The SMILES string of the molecule is Cc1nn(C)c(Oc2ccc(Br)cc2C(C)C)c1C#N. The number of aromatic nitrogens is 2. The Labute approximate surface area is 127 Å². The molecule has 0 N–H and O–H groups in total. The van der Waals surface area contributed by atoms with Crippen molar-refractivity contribution in [2.45, 2.75) is 26.7 Å². The minimum absolute atomic E-state index is 0.322. The maximum absolute atomic E-state index is 9.22. The van der Waals surface area contributed by atoms with E-state index in [-0.39, 0.29) is 0 Å². The highest BCUT2D eigenvalue weighted by Crippen LogP contribution is 2.34. The molecule has 0 aliphatic carbocycles. The molecule has 0 radical (unpaired) electrons. The molecule has 1 aromatic carbocycles. The van der Waals surface area contributed by atoms with E-state index in [1.807, 2.05) is 18.2 Å². The number of ether oxygens (including phenoxy) is 1. The number of hydrogen-bond acceptors (Lipinski definition) is 3. The average molecular weight is 334 g/mol. The Balaban J connectivity index is 2.48. The average Bonchev–Trinajstić information content (AvgIpc) is 2.65. The van der Waals surface area contributed by atoms with Crippen LogP contribution in [-0.4, -0.2) is 9.78 Å². The van der Waals surface area contributed by atoms with Crippen LogP contribution < -0.4 is 4.74 Å². The largest absolute Gasteiger partial charge is 0.438 e. The molecule has 4 nitrogen and oxygen atoms in total. The molecule has 5 heteroatoms. The van der Waals surface area contributed by atoms with E-state index in [4.69, 9.17) is 4.74 Å². The Kier molecular flexibility index (Phi) is 4.15. The maximum Gasteiger partial charge on any atom is 0.235 e. The van der Waals surface area contributed by atoms with E-state index < -0.39 is 0 Å². The van der Waals surface area contributed by atoms with Crippen LogP contribution in [0.15, 0.2) is 22.7 Å². The molecule has 0 aliphatic heterocycles. The van der Waals surface area contributed by atoms with E-state index in [2.05, 4.69) is 40.9 Å². The Bertz CT molecular complexity index is 683. The van der Waals surface area contributed by atoms with Crippen LogP contribution in [0.2, 0.25) is 0 Å². The van der Waals surface area contributed by atoms with Crippen molar-refractivity contribution in [3.8, 4) is 17.7 Å². The Morgan fingerprint density at radius 1 is 1.40 bits per heavy atom. The van der Waals surface area contributed by atoms with Crippen molar-refractivity contribution in [1.29, 1.82) is 5.26 Å². The zero-order chi connectivity index (χ0) is 14.9. The second kappa shape index (κ2) is 5.68. The molecule has 0 atom stereocenters. The third-order valence-corrected chi connectivity index (χ3v) is 3.58. The first-order valence-electron chi connectivity index (χ1n) is 6.35. The quantitative estimate of drug-likeness (QED) is 0.842. The summed E-state index contributed by atoms with van der Waals surface area (Å²) in [7, 11) is 1.77. The molecule has 0 fully saturated rings. The van der Waals surface area contributed by atoms with Crippen molar-refractivity contribution in [3.63, 3.8) is 0 Å². The first-order chi connectivity index (χ1) is 9.43. The van der Waals surface area contributed by atoms with Gasteiger partial charge in [0.2, 0.25) is 5.88 Å². The van der Waals surface area contributed by atoms with Gasteiger partial charge in [-0.15, -0.1) is 0 Å². The van der Waals surface area contributed by atoms with Crippen molar-refractivity contribution in [3.05, 3.63) is 39.5 Å². The molecule has 1 heterocycles. The molecule has 2 aromatic rings. The van der Waals surface area contributed by atoms with Gasteiger partial charge in [0.25, 0.3) is 0 Å². The second-order valence-electron chi connectivity index (χ2n) is 4.94. The molecule has 0 amide bonds. The van der Waals surface area contributed by atoms with Crippen molar-refractivity contribution >= 4 is 15.9 Å². The van der Waals surface area contributed by atoms with Crippen LogP contribution in [0.25, 0.3) is 0 Å². The predicted molar refractivity (Wildman–Crippen MR) is 81.0 cm³/mol. The Hall–Kier alpha value is -1.80. The van der Waals surface area contributed by atoms with Crippen LogP contribution in [0.3, 0.4) is 0 Å². The highest BCUT2D eigenvalue weighted by Gasteiger charge is 2.17. The Morgan fingerprint density at radius 2 is 2.10 bits per heavy atom. The van der Waals surface area contributed by atoms with E-state index in [9.17, 15) is 5.26 Å². The zero-order valence-corrected chi connectivity index (χ0v) is 13.5. The van der Waals surface area contributed by atoms with Crippen molar-refractivity contribution < 1.29 is 4.74 Å². The number of rotatable bonds is 3. The molecular weight excluding hydrogens is 318 g/mol. The summed E-state index contributed by atoms with van der Waals surface area (Å²) in [5.74, 6) is 1.55. The van der Waals surface area contributed by atoms with Crippen LogP contribution >= 0.6 is 15.9 Å². The molecule has 0 saturated heterocycles. The van der Waals surface area contributed by atoms with Crippen molar-refractivity contribution in [1.82, 2.24) is 9.78 Å². The number of halogens is 1. The summed E-state index contributed by atoms with van der Waals surface area (Å²) in [4.78, 5) is 0. The normalized spacial score (nSPS) is 10.7. The van der Waals surface area contributed by atoms with Gasteiger partial charge < -0.3 is 4.74 Å². The fourth-order valence-electron chi connectivity index (χ4n) is 2.05. The standard InChI is InChI=1S/C15H16BrN3O/c1-9(2)12-7-11(16)5-6-14(12)20-15-13(8-17)10(3)18-19(15)4/h5-7,9H,1-4H3. The summed E-state index contributed by atoms with van der Waals surface area (Å²) >= 11 is 3.47. The lowest BCUT2D eigenvalue weighted by molar-refractivity contribution is 0.423. The second-order valence-corrected chi connectivity index (χ2v) is 5.86. The molecule has 0 bridgehead atoms. The van der Waals surface area contributed by atoms with Gasteiger partial charge in [0.15, 0.2) is 0 Å². The van der Waals surface area contributed by atoms with Gasteiger partial charge in [-0.1, -0.05) is 29.8 Å². The van der Waals surface area contributed by atoms with Crippen LogP contribution in [-0.2, 0) is 7.05 Å². The molecule has 104 valence electrons. The monoisotopic (exact) mass is 333 g/mol. The van der Waals surface area contributed by atoms with E-state index in [0.717, 1.165) is 15.8 Å². The van der Waals surface area contributed by atoms with Gasteiger partial charge in [-0.3, -0.25) is 0 Å². The summed E-state index contributed by atoms with van der Waals surface area (Å²) in [5.41, 5.74) is 2.24. The molecule has 0 spiro atoms. The molecule has 0 unspecified atom stereocenters. The summed E-state index contributed by atoms with van der Waals surface area (Å²) in [5, 5.41) is 13.5. The van der Waals surface area contributed by atoms with Crippen LogP contribution in [0, 0.1) is 18.3 Å². The maximum atomic E-state index is 9.22. The van der Waals surface area contributed by atoms with E-state index in [1.165, 1.54) is 0 Å². The van der Waals surface area contributed by atoms with E-state index in [1.54, 1.807) is 18.7 Å². The van der Waals surface area contributed by atoms with Crippen LogP contribution in [0.1, 0.15) is 36.6 Å². The summed E-state index contributed by atoms with van der Waals surface area (Å²) in [6, 6.07) is 8.02. The van der Waals surface area contributed by atoms with Crippen molar-refractivity contribution in [2.75, 3.05) is 0 Å². The minimum Gasteiger partial charge on any atom is -0.438 e. The zero-order valence-electron chi connectivity index (χ0n) is 11.9. The topological polar surface area (TPSA) is 50.8 Å². The molecular formula is C15H16BrN3O. The molecule has 20 heavy (non-hydrogen) atoms. The Morgan fingerprint density at radius 3 is 2.70 bits per heavy atom. The number of nitriles is 1. The predicted octanol–water partition coefficient (Wildman–Crippen LogP) is 4.28. The van der Waals surface area contributed by atoms with Gasteiger partial charge in [0.05, 0.1) is 5.69 Å². The third-order valence-electron chi connectivity index (χ3n) is 3.08. The van der Waals surface area contributed by atoms with Crippen LogP contribution in [0.4, 0.5) is 0 Å². The van der Waals surface area contributed by atoms with Crippen molar-refractivity contribution in [2.24, 2.45) is 7.05 Å². The van der Waals surface area contributed by atoms with Gasteiger partial charge in [-0.05, 0) is 36.6 Å². The lowest BCUT2D eigenvalue weighted by Gasteiger charge is -2.14. The fourth-order valence-corrected chi connectivity index (χ4v) is 2.43. The highest BCUT2D eigenvalue weighted by molar-refractivity contribution is 9.10. The summed E-state index contributed by atoms with van der Waals surface area (Å²) in [6.07, 6.45) is 0. The first-order valence-corrected chi connectivity index (χ1v) is 7.14. The minimum atomic E-state index is 0.322. The summed E-state index contributed by atoms with van der Waals surface area (Å²) < 4.78 is 8.56. The third kappa shape index (κ3) is 2.70. The van der Waals surface area contributed by atoms with Gasteiger partial charge in [-0.2, -0.15) is 10.4 Å². The van der Waals surface area contributed by atoms with Crippen LogP contribution in [0.5, 0.6) is 11.6 Å². The van der Waals surface area contributed by atoms with Gasteiger partial charge in [-0.25, -0.2) is 4.68 Å². The van der Waals surface area contributed by atoms with E-state index >= 15 is 0 Å². The molecule has 0 saturated carbocycles. The van der Waals surface area contributed by atoms with Gasteiger partial charge in [0.1, 0.15) is 17.4 Å². The number of hydrogen-bond donors (Lipinski definition) is 0. The number of aryl methyl sites for hydroxylation is 2. The highest BCUT2D eigenvalue weighted by atomic mass is 79.9. The summed E-state index contributed by atoms with van der Waals surface area (Å²) in [6.45, 7) is 6.01. The smallest absolute Gasteiger partial charge is 0.235 e. The molecule has 0 aliphatic rings. The van der Waals surface area contributed by atoms with Gasteiger partial charge in [0, 0.05) is 11.5 Å². The lowest BCUT2D eigenvalue weighted by Crippen LogP contribution is -1.99. The molecule has 1 aromatic heterocycles. The fraction of sp³-hybridized carbons (Fsp3) is 0.333. The lowest BCUT2D eigenvalue weighted by atomic mass is 10.0. The number of nitrogens with zero attached hydrogens (tertiary/aromatic N) is 3. The van der Waals surface area contributed by atoms with E-state index in [0.29, 0.717) is 23.1 Å². The number of benzene rings is 1. The first kappa shape index (κ1) is 14.6. The van der Waals surface area contributed by atoms with Gasteiger partial charge >= 0.3 is 0 Å².